The largest absolute Gasteiger partial charge is 0.159 e. The fraction of sp³-hybridized carbons (Fsp3) is 0.167. The van der Waals surface area contributed by atoms with Crippen molar-refractivity contribution >= 4 is 0 Å². The highest BCUT2D eigenvalue weighted by atomic mass is 15.1. The average molecular weight is 184 g/mol. The van der Waals surface area contributed by atoms with Gasteiger partial charge in [0, 0.05) is 5.56 Å². The summed E-state index contributed by atoms with van der Waals surface area (Å²) in [7, 11) is 0. The predicted molar refractivity (Wildman–Crippen MR) is 56.9 cm³/mol. The van der Waals surface area contributed by atoms with E-state index in [9.17, 15) is 0 Å². The van der Waals surface area contributed by atoms with Crippen molar-refractivity contribution in [1.82, 2.24) is 10.2 Å². The molecule has 1 heterocycles. The first-order valence-electron chi connectivity index (χ1n) is 4.62. The Morgan fingerprint density at radius 1 is 1.00 bits per heavy atom. The van der Waals surface area contributed by atoms with Crippen molar-refractivity contribution in [2.24, 2.45) is 0 Å². The van der Waals surface area contributed by atoms with Gasteiger partial charge in [0.25, 0.3) is 0 Å². The van der Waals surface area contributed by atoms with Crippen LogP contribution in [0.15, 0.2) is 36.7 Å². The molecule has 0 spiro atoms. The maximum Gasteiger partial charge on any atom is 0.0574 e. The Kier molecular flexibility index (Phi) is 2.27. The Balaban J connectivity index is 2.53. The molecule has 2 rings (SSSR count). The van der Waals surface area contributed by atoms with Crippen LogP contribution in [0.1, 0.15) is 11.1 Å². The van der Waals surface area contributed by atoms with Crippen LogP contribution in [0.25, 0.3) is 11.1 Å². The van der Waals surface area contributed by atoms with E-state index < -0.39 is 0 Å². The summed E-state index contributed by atoms with van der Waals surface area (Å²) in [5, 5.41) is 7.64. The van der Waals surface area contributed by atoms with Crippen LogP contribution >= 0.6 is 0 Å². The average Bonchev–Trinajstić information content (AvgIpc) is 2.19. The number of hydrogen-bond acceptors (Lipinski definition) is 2. The van der Waals surface area contributed by atoms with Crippen LogP contribution in [0, 0.1) is 13.8 Å². The predicted octanol–water partition coefficient (Wildman–Crippen LogP) is 2.76. The van der Waals surface area contributed by atoms with Gasteiger partial charge in [0.2, 0.25) is 0 Å². The van der Waals surface area contributed by atoms with Crippen molar-refractivity contribution in [3.63, 3.8) is 0 Å². The molecule has 0 saturated heterocycles. The first-order chi connectivity index (χ1) is 6.77. The molecular formula is C12H12N2. The summed E-state index contributed by atoms with van der Waals surface area (Å²) >= 11 is 0. The number of aromatic nitrogens is 2. The lowest BCUT2D eigenvalue weighted by molar-refractivity contribution is 1.03. The van der Waals surface area contributed by atoms with Crippen LogP contribution in [-0.2, 0) is 0 Å². The normalized spacial score (nSPS) is 10.1. The van der Waals surface area contributed by atoms with Crippen molar-refractivity contribution in [1.29, 1.82) is 0 Å². The third-order valence-electron chi connectivity index (χ3n) is 2.28. The first-order valence-corrected chi connectivity index (χ1v) is 4.62. The van der Waals surface area contributed by atoms with Gasteiger partial charge in [-0.2, -0.15) is 10.2 Å². The van der Waals surface area contributed by atoms with E-state index in [1.165, 1.54) is 16.7 Å². The number of nitrogens with zero attached hydrogens (tertiary/aromatic N) is 2. The summed E-state index contributed by atoms with van der Waals surface area (Å²) in [6.45, 7) is 4.21. The Bertz CT molecular complexity index is 435. The molecule has 0 fully saturated rings. The quantitative estimate of drug-likeness (QED) is 0.681. The van der Waals surface area contributed by atoms with Crippen molar-refractivity contribution in [3.8, 4) is 11.1 Å². The molecule has 2 aromatic rings. The maximum absolute atomic E-state index is 3.87. The molecule has 0 saturated carbocycles. The monoisotopic (exact) mass is 184 g/mol. The Morgan fingerprint density at radius 3 is 2.50 bits per heavy atom. The lowest BCUT2D eigenvalue weighted by Crippen LogP contribution is -1.86. The summed E-state index contributed by atoms with van der Waals surface area (Å²) in [5.74, 6) is 0. The second-order valence-corrected chi connectivity index (χ2v) is 3.45. The van der Waals surface area contributed by atoms with Crippen molar-refractivity contribution < 1.29 is 0 Å². The molecule has 1 aromatic carbocycles. The second kappa shape index (κ2) is 3.58. The number of aryl methyl sites for hydroxylation is 2. The second-order valence-electron chi connectivity index (χ2n) is 3.45. The Hall–Kier alpha value is -1.70. The topological polar surface area (TPSA) is 25.8 Å². The summed E-state index contributed by atoms with van der Waals surface area (Å²) in [5.41, 5.74) is 4.91. The highest BCUT2D eigenvalue weighted by Gasteiger charge is 2.00. The van der Waals surface area contributed by atoms with Crippen LogP contribution in [0.4, 0.5) is 0 Å². The van der Waals surface area contributed by atoms with Gasteiger partial charge < -0.3 is 0 Å². The molecule has 70 valence electrons. The van der Waals surface area contributed by atoms with Crippen LogP contribution in [-0.4, -0.2) is 10.2 Å². The maximum atomic E-state index is 3.87. The SMILES string of the molecule is Cc1ccc(-c2ccnnc2)c(C)c1. The Morgan fingerprint density at radius 2 is 1.86 bits per heavy atom. The molecule has 0 atom stereocenters. The third kappa shape index (κ3) is 1.64. The van der Waals surface area contributed by atoms with Gasteiger partial charge in [0.05, 0.1) is 12.4 Å². The molecule has 0 aliphatic heterocycles. The molecule has 0 bridgehead atoms. The van der Waals surface area contributed by atoms with E-state index in [-0.39, 0.29) is 0 Å². The first kappa shape index (κ1) is 8.88. The molecule has 1 aromatic heterocycles. The van der Waals surface area contributed by atoms with Gasteiger partial charge in [-0.3, -0.25) is 0 Å². The summed E-state index contributed by atoms with van der Waals surface area (Å²) < 4.78 is 0. The zero-order valence-electron chi connectivity index (χ0n) is 8.36. The highest BCUT2D eigenvalue weighted by Crippen LogP contribution is 2.22. The van der Waals surface area contributed by atoms with Crippen LogP contribution in [0.5, 0.6) is 0 Å². The van der Waals surface area contributed by atoms with Crippen LogP contribution in [0.2, 0.25) is 0 Å². The number of benzene rings is 1. The van der Waals surface area contributed by atoms with Gasteiger partial charge >= 0.3 is 0 Å². The molecule has 0 aliphatic carbocycles. The lowest BCUT2D eigenvalue weighted by atomic mass is 10.0. The van der Waals surface area contributed by atoms with E-state index in [4.69, 9.17) is 0 Å². The van der Waals surface area contributed by atoms with Gasteiger partial charge in [0.1, 0.15) is 0 Å². The molecular weight excluding hydrogens is 172 g/mol. The molecule has 0 unspecified atom stereocenters. The van der Waals surface area contributed by atoms with Gasteiger partial charge in [0.15, 0.2) is 0 Å². The Labute approximate surface area is 83.6 Å². The zero-order valence-corrected chi connectivity index (χ0v) is 8.36. The van der Waals surface area contributed by atoms with Gasteiger partial charge in [-0.15, -0.1) is 0 Å². The van der Waals surface area contributed by atoms with Gasteiger partial charge in [-0.25, -0.2) is 0 Å². The van der Waals surface area contributed by atoms with E-state index in [0.717, 1.165) is 5.56 Å². The van der Waals surface area contributed by atoms with Crippen molar-refractivity contribution in [3.05, 3.63) is 47.8 Å². The highest BCUT2D eigenvalue weighted by molar-refractivity contribution is 5.66. The van der Waals surface area contributed by atoms with E-state index in [2.05, 4.69) is 42.2 Å². The lowest BCUT2D eigenvalue weighted by Gasteiger charge is -2.05. The van der Waals surface area contributed by atoms with E-state index in [1.807, 2.05) is 6.07 Å². The van der Waals surface area contributed by atoms with Gasteiger partial charge in [-0.1, -0.05) is 23.8 Å². The van der Waals surface area contributed by atoms with Crippen LogP contribution < -0.4 is 0 Å². The minimum atomic E-state index is 1.12. The fourth-order valence-electron chi connectivity index (χ4n) is 1.59. The van der Waals surface area contributed by atoms with E-state index in [1.54, 1.807) is 12.4 Å². The summed E-state index contributed by atoms with van der Waals surface area (Å²) in [6, 6.07) is 8.39. The van der Waals surface area contributed by atoms with E-state index in [0.29, 0.717) is 0 Å². The van der Waals surface area contributed by atoms with Crippen molar-refractivity contribution in [2.75, 3.05) is 0 Å². The van der Waals surface area contributed by atoms with Gasteiger partial charge in [-0.05, 0) is 31.0 Å². The molecule has 14 heavy (non-hydrogen) atoms. The zero-order chi connectivity index (χ0) is 9.97. The van der Waals surface area contributed by atoms with E-state index >= 15 is 0 Å². The smallest absolute Gasteiger partial charge is 0.0574 e. The van der Waals surface area contributed by atoms with Crippen LogP contribution in [0.3, 0.4) is 0 Å². The standard InChI is InChI=1S/C12H12N2/c1-9-3-4-12(10(2)7-9)11-5-6-13-14-8-11/h3-8H,1-2H3. The summed E-state index contributed by atoms with van der Waals surface area (Å²) in [4.78, 5) is 0. The van der Waals surface area contributed by atoms with Crippen molar-refractivity contribution in [2.45, 2.75) is 13.8 Å². The number of hydrogen-bond donors (Lipinski definition) is 0. The third-order valence-corrected chi connectivity index (χ3v) is 2.28. The number of rotatable bonds is 1. The molecule has 0 aliphatic rings. The summed E-state index contributed by atoms with van der Waals surface area (Å²) in [6.07, 6.45) is 3.51. The minimum absolute atomic E-state index is 1.12. The molecule has 0 N–H and O–H groups in total. The molecule has 0 amide bonds. The minimum Gasteiger partial charge on any atom is -0.159 e. The fourth-order valence-corrected chi connectivity index (χ4v) is 1.59. The molecule has 0 radical (unpaired) electrons. The molecule has 2 heteroatoms. The molecule has 2 nitrogen and oxygen atoms in total.